The number of aromatic carboxylic acids is 1. The Morgan fingerprint density at radius 2 is 1.93 bits per heavy atom. The molecule has 0 bridgehead atoms. The van der Waals surface area contributed by atoms with Crippen LogP contribution in [0.25, 0.3) is 0 Å². The second kappa shape index (κ2) is 10.2. The number of benzene rings is 1. The second-order valence-corrected chi connectivity index (χ2v) is 5.79. The van der Waals surface area contributed by atoms with E-state index in [1.54, 1.807) is 0 Å². The summed E-state index contributed by atoms with van der Waals surface area (Å²) in [6.45, 7) is 5.79. The van der Waals surface area contributed by atoms with Gasteiger partial charge < -0.3 is 19.9 Å². The molecule has 1 aromatic heterocycles. The highest BCUT2D eigenvalue weighted by Crippen LogP contribution is 2.28. The van der Waals surface area contributed by atoms with Gasteiger partial charge in [-0.05, 0) is 38.0 Å². The predicted molar refractivity (Wildman–Crippen MR) is 99.3 cm³/mol. The van der Waals surface area contributed by atoms with Crippen molar-refractivity contribution in [1.82, 2.24) is 15.1 Å². The maximum atomic E-state index is 11.9. The molecule has 0 aliphatic rings. The van der Waals surface area contributed by atoms with Crippen LogP contribution in [0.1, 0.15) is 36.2 Å². The van der Waals surface area contributed by atoms with Crippen molar-refractivity contribution < 1.29 is 24.2 Å². The van der Waals surface area contributed by atoms with Crippen molar-refractivity contribution in [3.63, 3.8) is 0 Å². The third kappa shape index (κ3) is 6.32. The summed E-state index contributed by atoms with van der Waals surface area (Å²) >= 11 is 0. The Kier molecular flexibility index (Phi) is 7.66. The maximum absolute atomic E-state index is 11.9. The molecule has 0 saturated heterocycles. The van der Waals surface area contributed by atoms with Gasteiger partial charge in [-0.15, -0.1) is 0 Å². The molecule has 2 aromatic rings. The Balaban J connectivity index is 1.78. The van der Waals surface area contributed by atoms with Gasteiger partial charge in [0.2, 0.25) is 5.91 Å². The fourth-order valence-electron chi connectivity index (χ4n) is 2.50. The molecule has 146 valence electrons. The van der Waals surface area contributed by atoms with Crippen LogP contribution in [-0.2, 0) is 17.8 Å². The highest BCUT2D eigenvalue weighted by Gasteiger charge is 2.09. The summed E-state index contributed by atoms with van der Waals surface area (Å²) < 4.78 is 12.6. The SMILES string of the molecule is CCOc1ccc(CCNC(=O)CCn2cc(C(=O)O)cn2)cc1OCC. The fraction of sp³-hybridized carbons (Fsp3) is 0.421. The number of carbonyl (C=O) groups excluding carboxylic acids is 1. The standard InChI is InChI=1S/C19H25N3O5/c1-3-26-16-6-5-14(11-17(16)27-4-2)7-9-20-18(23)8-10-22-13-15(12-21-22)19(24)25/h5-6,11-13H,3-4,7-10H2,1-2H3,(H,20,23)(H,24,25). The van der Waals surface area contributed by atoms with E-state index in [9.17, 15) is 9.59 Å². The number of hydrogen-bond donors (Lipinski definition) is 2. The lowest BCUT2D eigenvalue weighted by Gasteiger charge is -2.12. The zero-order valence-corrected chi connectivity index (χ0v) is 15.6. The Labute approximate surface area is 158 Å². The Bertz CT molecular complexity index is 772. The van der Waals surface area contributed by atoms with Gasteiger partial charge >= 0.3 is 5.97 Å². The minimum atomic E-state index is -1.03. The lowest BCUT2D eigenvalue weighted by atomic mass is 10.1. The third-order valence-corrected chi connectivity index (χ3v) is 3.79. The molecule has 8 nitrogen and oxygen atoms in total. The first kappa shape index (κ1) is 20.3. The molecule has 0 aliphatic heterocycles. The van der Waals surface area contributed by atoms with Gasteiger partial charge in [0.05, 0.1) is 25.0 Å². The molecule has 1 heterocycles. The zero-order chi connectivity index (χ0) is 19.6. The third-order valence-electron chi connectivity index (χ3n) is 3.79. The van der Waals surface area contributed by atoms with Gasteiger partial charge in [0.15, 0.2) is 11.5 Å². The summed E-state index contributed by atoms with van der Waals surface area (Å²) in [4.78, 5) is 22.7. The van der Waals surface area contributed by atoms with E-state index < -0.39 is 5.97 Å². The van der Waals surface area contributed by atoms with E-state index >= 15 is 0 Å². The Morgan fingerprint density at radius 3 is 2.59 bits per heavy atom. The number of nitrogens with one attached hydrogen (secondary N) is 1. The summed E-state index contributed by atoms with van der Waals surface area (Å²) in [5.41, 5.74) is 1.15. The van der Waals surface area contributed by atoms with Crippen LogP contribution in [0.15, 0.2) is 30.6 Å². The molecule has 0 aliphatic carbocycles. The minimum absolute atomic E-state index is 0.107. The molecule has 0 fully saturated rings. The zero-order valence-electron chi connectivity index (χ0n) is 15.6. The average molecular weight is 375 g/mol. The monoisotopic (exact) mass is 375 g/mol. The molecule has 0 spiro atoms. The molecule has 1 amide bonds. The average Bonchev–Trinajstić information content (AvgIpc) is 3.12. The smallest absolute Gasteiger partial charge is 0.338 e. The van der Waals surface area contributed by atoms with E-state index in [2.05, 4.69) is 10.4 Å². The van der Waals surface area contributed by atoms with Crippen molar-refractivity contribution in [2.75, 3.05) is 19.8 Å². The van der Waals surface area contributed by atoms with Gasteiger partial charge in [-0.25, -0.2) is 4.79 Å². The fourth-order valence-corrected chi connectivity index (χ4v) is 2.50. The Hall–Kier alpha value is -3.03. The van der Waals surface area contributed by atoms with Crippen LogP contribution in [0.5, 0.6) is 11.5 Å². The summed E-state index contributed by atoms with van der Waals surface area (Å²) in [6, 6.07) is 5.76. The molecular formula is C19H25N3O5. The molecule has 0 radical (unpaired) electrons. The van der Waals surface area contributed by atoms with Crippen LogP contribution in [0.4, 0.5) is 0 Å². The molecule has 0 unspecified atom stereocenters. The first-order valence-electron chi connectivity index (χ1n) is 8.94. The number of aryl methyl sites for hydroxylation is 1. The van der Waals surface area contributed by atoms with E-state index in [1.165, 1.54) is 17.1 Å². The van der Waals surface area contributed by atoms with Crippen molar-refractivity contribution in [2.45, 2.75) is 33.2 Å². The van der Waals surface area contributed by atoms with Gasteiger partial charge in [-0.1, -0.05) is 6.07 Å². The molecule has 27 heavy (non-hydrogen) atoms. The normalized spacial score (nSPS) is 10.4. The maximum Gasteiger partial charge on any atom is 0.338 e. The molecular weight excluding hydrogens is 350 g/mol. The second-order valence-electron chi connectivity index (χ2n) is 5.79. The molecule has 8 heteroatoms. The molecule has 2 N–H and O–H groups in total. The van der Waals surface area contributed by atoms with Crippen LogP contribution in [0.3, 0.4) is 0 Å². The molecule has 0 atom stereocenters. The van der Waals surface area contributed by atoms with E-state index in [1.807, 2.05) is 32.0 Å². The van der Waals surface area contributed by atoms with Gasteiger partial charge in [0.1, 0.15) is 0 Å². The lowest BCUT2D eigenvalue weighted by molar-refractivity contribution is -0.121. The molecule has 1 aromatic carbocycles. The highest BCUT2D eigenvalue weighted by molar-refractivity contribution is 5.86. The van der Waals surface area contributed by atoms with Crippen molar-refractivity contribution >= 4 is 11.9 Å². The Morgan fingerprint density at radius 1 is 1.19 bits per heavy atom. The first-order valence-corrected chi connectivity index (χ1v) is 8.94. The lowest BCUT2D eigenvalue weighted by Crippen LogP contribution is -2.26. The van der Waals surface area contributed by atoms with Crippen LogP contribution < -0.4 is 14.8 Å². The number of nitrogens with zero attached hydrogens (tertiary/aromatic N) is 2. The summed E-state index contributed by atoms with van der Waals surface area (Å²) in [6.07, 6.45) is 3.57. The number of carbonyl (C=O) groups is 2. The van der Waals surface area contributed by atoms with E-state index in [0.29, 0.717) is 44.2 Å². The van der Waals surface area contributed by atoms with Crippen LogP contribution in [0.2, 0.25) is 0 Å². The van der Waals surface area contributed by atoms with Crippen molar-refractivity contribution in [1.29, 1.82) is 0 Å². The number of ether oxygens (including phenoxy) is 2. The van der Waals surface area contributed by atoms with Gasteiger partial charge in [-0.3, -0.25) is 9.48 Å². The summed E-state index contributed by atoms with van der Waals surface area (Å²) in [5, 5.41) is 15.6. The summed E-state index contributed by atoms with van der Waals surface area (Å²) in [5.74, 6) is 0.272. The predicted octanol–water partition coefficient (Wildman–Crippen LogP) is 2.13. The van der Waals surface area contributed by atoms with Crippen molar-refractivity contribution in [2.24, 2.45) is 0 Å². The molecule has 2 rings (SSSR count). The van der Waals surface area contributed by atoms with Gasteiger partial charge in [0.25, 0.3) is 0 Å². The molecule has 0 saturated carbocycles. The minimum Gasteiger partial charge on any atom is -0.490 e. The number of amides is 1. The number of rotatable bonds is 11. The van der Waals surface area contributed by atoms with E-state index in [0.717, 1.165) is 5.56 Å². The number of carboxylic acids is 1. The first-order chi connectivity index (χ1) is 13.0. The quantitative estimate of drug-likeness (QED) is 0.624. The number of hydrogen-bond acceptors (Lipinski definition) is 5. The van der Waals surface area contributed by atoms with Crippen LogP contribution >= 0.6 is 0 Å². The van der Waals surface area contributed by atoms with E-state index in [4.69, 9.17) is 14.6 Å². The van der Waals surface area contributed by atoms with Crippen molar-refractivity contribution in [3.05, 3.63) is 41.7 Å². The number of carboxylic acid groups (broad SMARTS) is 1. The van der Waals surface area contributed by atoms with E-state index in [-0.39, 0.29) is 17.9 Å². The highest BCUT2D eigenvalue weighted by atomic mass is 16.5. The summed E-state index contributed by atoms with van der Waals surface area (Å²) in [7, 11) is 0. The van der Waals surface area contributed by atoms with Gasteiger partial charge in [0, 0.05) is 25.7 Å². The van der Waals surface area contributed by atoms with Gasteiger partial charge in [-0.2, -0.15) is 5.10 Å². The largest absolute Gasteiger partial charge is 0.490 e. The number of aromatic nitrogens is 2. The van der Waals surface area contributed by atoms with Crippen molar-refractivity contribution in [3.8, 4) is 11.5 Å². The van der Waals surface area contributed by atoms with Crippen LogP contribution in [-0.4, -0.2) is 46.5 Å². The van der Waals surface area contributed by atoms with Crippen LogP contribution in [0, 0.1) is 0 Å². The topological polar surface area (TPSA) is 103 Å².